The Balaban J connectivity index is 1.85. The average Bonchev–Trinajstić information content (AvgIpc) is 2.84. The Morgan fingerprint density at radius 3 is 2.68 bits per heavy atom. The molecule has 3 rings (SSSR count). The van der Waals surface area contributed by atoms with Crippen LogP contribution >= 0.6 is 0 Å². The Hall–Kier alpha value is -1.85. The van der Waals surface area contributed by atoms with Gasteiger partial charge in [-0.25, -0.2) is 0 Å². The summed E-state index contributed by atoms with van der Waals surface area (Å²) in [7, 11) is 3.87. The smallest absolute Gasteiger partial charge is 0.219 e. The number of ketones is 1. The van der Waals surface area contributed by atoms with Gasteiger partial charge in [-0.1, -0.05) is 0 Å². The van der Waals surface area contributed by atoms with Gasteiger partial charge in [0.1, 0.15) is 38.5 Å². The maximum absolute atomic E-state index is 12.8. The number of quaternary nitrogens is 2. The minimum absolute atomic E-state index is 0.228. The molecular weight excluding hydrogens is 278 g/mol. The molecule has 0 aliphatic carbocycles. The molecule has 1 fully saturated rings. The molecule has 3 N–H and O–H groups in total. The Morgan fingerprint density at radius 1 is 1.27 bits per heavy atom. The van der Waals surface area contributed by atoms with Gasteiger partial charge in [0.2, 0.25) is 5.78 Å². The zero-order chi connectivity index (χ0) is 15.7. The molecule has 118 valence electrons. The predicted octanol–water partition coefficient (Wildman–Crippen LogP) is -0.919. The van der Waals surface area contributed by atoms with Crippen molar-refractivity contribution >= 4 is 16.7 Å². The number of aromatic nitrogens is 1. The second-order valence-corrected chi connectivity index (χ2v) is 6.34. The van der Waals surface area contributed by atoms with Gasteiger partial charge in [-0.3, -0.25) is 4.79 Å². The Morgan fingerprint density at radius 2 is 2.00 bits per heavy atom. The molecule has 2 aromatic rings. The van der Waals surface area contributed by atoms with Crippen LogP contribution in [0.15, 0.2) is 18.2 Å². The minimum Gasteiger partial charge on any atom is -0.497 e. The molecule has 5 heteroatoms. The highest BCUT2D eigenvalue weighted by Crippen LogP contribution is 2.26. The van der Waals surface area contributed by atoms with Crippen molar-refractivity contribution in [3.63, 3.8) is 0 Å². The number of fused-ring (bicyclic) bond motifs is 1. The van der Waals surface area contributed by atoms with Crippen molar-refractivity contribution in [2.24, 2.45) is 0 Å². The van der Waals surface area contributed by atoms with Crippen LogP contribution in [0.4, 0.5) is 0 Å². The van der Waals surface area contributed by atoms with Crippen LogP contribution in [0, 0.1) is 6.92 Å². The molecule has 5 nitrogen and oxygen atoms in total. The summed E-state index contributed by atoms with van der Waals surface area (Å²) >= 11 is 0. The Kier molecular flexibility index (Phi) is 4.18. The number of hydrogen-bond donors (Lipinski definition) is 3. The highest BCUT2D eigenvalue weighted by molar-refractivity contribution is 6.10. The van der Waals surface area contributed by atoms with Gasteiger partial charge in [0.25, 0.3) is 0 Å². The van der Waals surface area contributed by atoms with Crippen molar-refractivity contribution in [2.75, 3.05) is 46.9 Å². The number of nitrogens with one attached hydrogen (secondary N) is 3. The van der Waals surface area contributed by atoms with Crippen LogP contribution in [-0.2, 0) is 0 Å². The first-order valence-corrected chi connectivity index (χ1v) is 7.93. The first-order valence-electron chi connectivity index (χ1n) is 7.93. The third-order valence-corrected chi connectivity index (χ3v) is 4.69. The second-order valence-electron chi connectivity index (χ2n) is 6.34. The number of likely N-dealkylation sites (N-methyl/N-ethyl adjacent to an activating group) is 1. The van der Waals surface area contributed by atoms with E-state index in [4.69, 9.17) is 4.74 Å². The van der Waals surface area contributed by atoms with Gasteiger partial charge in [0.05, 0.1) is 19.7 Å². The minimum atomic E-state index is 0.228. The number of methoxy groups -OCH3 is 1. The van der Waals surface area contributed by atoms with Crippen LogP contribution in [0.25, 0.3) is 10.9 Å². The van der Waals surface area contributed by atoms with E-state index in [1.165, 1.54) is 4.90 Å². The number of ether oxygens (including phenoxy) is 1. The van der Waals surface area contributed by atoms with Crippen LogP contribution in [0.2, 0.25) is 0 Å². The highest BCUT2D eigenvalue weighted by Gasteiger charge is 2.25. The van der Waals surface area contributed by atoms with E-state index in [1.807, 2.05) is 25.1 Å². The van der Waals surface area contributed by atoms with Crippen LogP contribution < -0.4 is 14.5 Å². The number of benzene rings is 1. The summed E-state index contributed by atoms with van der Waals surface area (Å²) in [5.41, 5.74) is 2.78. The van der Waals surface area contributed by atoms with Crippen molar-refractivity contribution in [2.45, 2.75) is 6.92 Å². The molecule has 22 heavy (non-hydrogen) atoms. The van der Waals surface area contributed by atoms with Crippen LogP contribution in [0.3, 0.4) is 0 Å². The van der Waals surface area contributed by atoms with Crippen molar-refractivity contribution in [3.05, 3.63) is 29.5 Å². The van der Waals surface area contributed by atoms with Gasteiger partial charge in [0, 0.05) is 16.6 Å². The van der Waals surface area contributed by atoms with Crippen LogP contribution in [0.5, 0.6) is 5.75 Å². The molecule has 0 unspecified atom stereocenters. The standard InChI is InChI=1S/C17H23N3O2/c1-12-17(14-10-13(22-3)4-5-15(14)18-12)16(21)11-20-8-6-19(2)7-9-20/h4-5,10,18H,6-9,11H2,1-3H3/p+2. The number of piperazine rings is 1. The van der Waals surface area contributed by atoms with Gasteiger partial charge in [-0.05, 0) is 25.1 Å². The zero-order valence-electron chi connectivity index (χ0n) is 13.6. The van der Waals surface area contributed by atoms with Crippen molar-refractivity contribution < 1.29 is 19.3 Å². The lowest BCUT2D eigenvalue weighted by molar-refractivity contribution is -0.999. The van der Waals surface area contributed by atoms with Crippen molar-refractivity contribution in [1.82, 2.24) is 4.98 Å². The number of aromatic amines is 1. The molecule has 0 saturated carbocycles. The van der Waals surface area contributed by atoms with Gasteiger partial charge in [-0.15, -0.1) is 0 Å². The van der Waals surface area contributed by atoms with E-state index < -0.39 is 0 Å². The van der Waals surface area contributed by atoms with Gasteiger partial charge in [-0.2, -0.15) is 0 Å². The summed E-state index contributed by atoms with van der Waals surface area (Å²) in [6.07, 6.45) is 0. The lowest BCUT2D eigenvalue weighted by Gasteiger charge is -2.26. The fourth-order valence-corrected chi connectivity index (χ4v) is 3.31. The Bertz CT molecular complexity index is 685. The summed E-state index contributed by atoms with van der Waals surface area (Å²) in [5.74, 6) is 1.02. The summed E-state index contributed by atoms with van der Waals surface area (Å²) in [4.78, 5) is 19.1. The molecule has 1 aromatic heterocycles. The number of H-pyrrole nitrogens is 1. The lowest BCUT2D eigenvalue weighted by Crippen LogP contribution is -3.27. The fraction of sp³-hybridized carbons (Fsp3) is 0.471. The maximum atomic E-state index is 12.8. The summed E-state index contributed by atoms with van der Waals surface area (Å²) in [6.45, 7) is 6.98. The van der Waals surface area contributed by atoms with E-state index in [2.05, 4.69) is 12.0 Å². The van der Waals surface area contributed by atoms with E-state index in [0.717, 1.165) is 54.1 Å². The quantitative estimate of drug-likeness (QED) is 0.640. The zero-order valence-corrected chi connectivity index (χ0v) is 13.6. The molecule has 0 bridgehead atoms. The summed E-state index contributed by atoms with van der Waals surface area (Å²) in [5, 5.41) is 0.973. The SMILES string of the molecule is COc1ccc2[nH]c(C)c(C(=O)C[NH+]3CC[NH+](C)CC3)c2c1. The van der Waals surface area contributed by atoms with Gasteiger partial charge >= 0.3 is 0 Å². The largest absolute Gasteiger partial charge is 0.497 e. The van der Waals surface area contributed by atoms with Gasteiger partial charge in [0.15, 0.2) is 0 Å². The summed E-state index contributed by atoms with van der Waals surface area (Å²) < 4.78 is 5.29. The first kappa shape index (κ1) is 15.1. The van der Waals surface area contributed by atoms with Gasteiger partial charge < -0.3 is 19.5 Å². The maximum Gasteiger partial charge on any atom is 0.219 e. The van der Waals surface area contributed by atoms with Crippen molar-refractivity contribution in [1.29, 1.82) is 0 Å². The molecule has 1 aliphatic heterocycles. The van der Waals surface area contributed by atoms with Crippen LogP contribution in [0.1, 0.15) is 16.1 Å². The Labute approximate surface area is 130 Å². The highest BCUT2D eigenvalue weighted by atomic mass is 16.5. The number of carbonyl (C=O) groups excluding carboxylic acids is 1. The van der Waals surface area contributed by atoms with E-state index in [0.29, 0.717) is 6.54 Å². The van der Waals surface area contributed by atoms with E-state index >= 15 is 0 Å². The topological polar surface area (TPSA) is 51.0 Å². The van der Waals surface area contributed by atoms with Crippen molar-refractivity contribution in [3.8, 4) is 5.75 Å². The molecule has 0 radical (unpaired) electrons. The number of Topliss-reactive ketones (excluding diaryl/α,β-unsaturated/α-hetero) is 1. The summed E-state index contributed by atoms with van der Waals surface area (Å²) in [6, 6.07) is 5.85. The fourth-order valence-electron chi connectivity index (χ4n) is 3.31. The molecule has 2 heterocycles. The number of aryl methyl sites for hydroxylation is 1. The molecule has 1 aliphatic rings. The number of hydrogen-bond acceptors (Lipinski definition) is 2. The first-order chi connectivity index (χ1) is 10.6. The number of carbonyl (C=O) groups is 1. The third-order valence-electron chi connectivity index (χ3n) is 4.69. The molecule has 0 atom stereocenters. The van der Waals surface area contributed by atoms with E-state index in [1.54, 1.807) is 12.0 Å². The molecule has 0 amide bonds. The average molecular weight is 303 g/mol. The lowest BCUT2D eigenvalue weighted by atomic mass is 10.1. The van der Waals surface area contributed by atoms with E-state index in [9.17, 15) is 4.79 Å². The molecular formula is C17H25N3O2+2. The molecule has 1 saturated heterocycles. The second kappa shape index (κ2) is 6.10. The van der Waals surface area contributed by atoms with E-state index in [-0.39, 0.29) is 5.78 Å². The predicted molar refractivity (Wildman–Crippen MR) is 86.1 cm³/mol. The monoisotopic (exact) mass is 303 g/mol. The molecule has 1 aromatic carbocycles. The molecule has 0 spiro atoms. The number of rotatable bonds is 4. The normalized spacial score (nSPS) is 22.0. The third kappa shape index (κ3) is 2.87. The van der Waals surface area contributed by atoms with Crippen LogP contribution in [-0.4, -0.2) is 57.6 Å².